The van der Waals surface area contributed by atoms with Crippen LogP contribution in [0.1, 0.15) is 31.7 Å². The molecule has 0 fully saturated rings. The molecule has 3 N–H and O–H groups in total. The Morgan fingerprint density at radius 3 is 2.19 bits per heavy atom. The molecule has 31 heavy (non-hydrogen) atoms. The minimum Gasteiger partial charge on any atom is -0.480 e. The van der Waals surface area contributed by atoms with Crippen LogP contribution in [0.5, 0.6) is 0 Å². The summed E-state index contributed by atoms with van der Waals surface area (Å²) in [4.78, 5) is 24.2. The second-order valence-corrected chi connectivity index (χ2v) is 9.60. The number of aliphatic carboxylic acids is 1. The first-order valence-corrected chi connectivity index (χ1v) is 11.9. The predicted octanol–water partition coefficient (Wildman–Crippen LogP) is 3.64. The van der Waals surface area contributed by atoms with Gasteiger partial charge in [-0.2, -0.15) is 4.72 Å². The number of nitrogens with one attached hydrogen (secondary N) is 2. The highest BCUT2D eigenvalue weighted by Gasteiger charge is 2.29. The molecule has 0 saturated heterocycles. The average Bonchev–Trinajstić information content (AvgIpc) is 2.70. The highest BCUT2D eigenvalue weighted by Crippen LogP contribution is 2.22. The summed E-state index contributed by atoms with van der Waals surface area (Å²) >= 11 is 11.8. The van der Waals surface area contributed by atoms with E-state index < -0.39 is 34.0 Å². The van der Waals surface area contributed by atoms with Crippen LogP contribution in [0.15, 0.2) is 53.4 Å². The van der Waals surface area contributed by atoms with E-state index in [0.717, 1.165) is 6.42 Å². The molecule has 0 bridgehead atoms. The van der Waals surface area contributed by atoms with Gasteiger partial charge in [0.25, 0.3) is 0 Å². The van der Waals surface area contributed by atoms with Gasteiger partial charge in [-0.05, 0) is 36.6 Å². The van der Waals surface area contributed by atoms with Gasteiger partial charge >= 0.3 is 5.97 Å². The molecule has 0 saturated carbocycles. The van der Waals surface area contributed by atoms with Gasteiger partial charge in [0.2, 0.25) is 15.9 Å². The number of hydrogen-bond acceptors (Lipinski definition) is 4. The molecule has 0 aliphatic rings. The molecule has 2 unspecified atom stereocenters. The molecular weight excluding hydrogens is 463 g/mol. The van der Waals surface area contributed by atoms with Crippen LogP contribution < -0.4 is 10.0 Å². The Hall–Kier alpha value is -2.13. The lowest BCUT2D eigenvalue weighted by Crippen LogP contribution is -2.52. The number of carbonyl (C=O) groups excluding carboxylic acids is 1. The van der Waals surface area contributed by atoms with Crippen molar-refractivity contribution in [2.75, 3.05) is 0 Å². The molecule has 168 valence electrons. The van der Waals surface area contributed by atoms with Crippen molar-refractivity contribution in [3.05, 3.63) is 64.1 Å². The van der Waals surface area contributed by atoms with Crippen molar-refractivity contribution < 1.29 is 23.1 Å². The van der Waals surface area contributed by atoms with Crippen LogP contribution in [0.2, 0.25) is 10.0 Å². The van der Waals surface area contributed by atoms with Crippen LogP contribution >= 0.6 is 23.2 Å². The van der Waals surface area contributed by atoms with Crippen LogP contribution in [0.3, 0.4) is 0 Å². The van der Waals surface area contributed by atoms with Crippen molar-refractivity contribution in [3.8, 4) is 0 Å². The molecule has 0 radical (unpaired) electrons. The molecule has 2 atom stereocenters. The number of carboxylic acids is 1. The summed E-state index contributed by atoms with van der Waals surface area (Å²) in [5.74, 6) is -1.91. The molecule has 0 aromatic heterocycles. The number of carboxylic acid groups (broad SMARTS) is 1. The first-order valence-electron chi connectivity index (χ1n) is 9.68. The summed E-state index contributed by atoms with van der Waals surface area (Å²) in [5, 5.41) is 12.1. The monoisotopic (exact) mass is 486 g/mol. The quantitative estimate of drug-likeness (QED) is 0.448. The number of amides is 1. The van der Waals surface area contributed by atoms with Crippen molar-refractivity contribution in [2.24, 2.45) is 0 Å². The van der Waals surface area contributed by atoms with Crippen LogP contribution in [0, 0.1) is 0 Å². The van der Waals surface area contributed by atoms with Crippen molar-refractivity contribution in [1.82, 2.24) is 10.0 Å². The molecule has 0 aliphatic carbocycles. The summed E-state index contributed by atoms with van der Waals surface area (Å²) < 4.78 is 28.2. The lowest BCUT2D eigenvalue weighted by atomic mass is 10.0. The Morgan fingerprint density at radius 1 is 1.03 bits per heavy atom. The van der Waals surface area contributed by atoms with Gasteiger partial charge in [-0.3, -0.25) is 4.79 Å². The van der Waals surface area contributed by atoms with E-state index in [1.54, 1.807) is 30.3 Å². The number of hydrogen-bond donors (Lipinski definition) is 3. The van der Waals surface area contributed by atoms with E-state index in [-0.39, 0.29) is 27.8 Å². The maximum atomic E-state index is 12.9. The van der Waals surface area contributed by atoms with Gasteiger partial charge in [-0.15, -0.1) is 0 Å². The normalized spacial score (nSPS) is 13.4. The van der Waals surface area contributed by atoms with E-state index in [1.807, 2.05) is 6.92 Å². The molecule has 0 heterocycles. The maximum absolute atomic E-state index is 12.9. The predicted molar refractivity (Wildman–Crippen MR) is 120 cm³/mol. The fourth-order valence-electron chi connectivity index (χ4n) is 2.91. The third kappa shape index (κ3) is 7.81. The van der Waals surface area contributed by atoms with Crippen molar-refractivity contribution in [2.45, 2.75) is 49.6 Å². The lowest BCUT2D eigenvalue weighted by molar-refractivity contribution is -0.142. The highest BCUT2D eigenvalue weighted by molar-refractivity contribution is 7.89. The highest BCUT2D eigenvalue weighted by atomic mass is 35.5. The molecule has 2 rings (SSSR count). The first-order chi connectivity index (χ1) is 14.6. The van der Waals surface area contributed by atoms with Gasteiger partial charge in [0, 0.05) is 10.0 Å². The smallest absolute Gasteiger partial charge is 0.326 e. The van der Waals surface area contributed by atoms with E-state index in [2.05, 4.69) is 10.0 Å². The van der Waals surface area contributed by atoms with Crippen molar-refractivity contribution in [1.29, 1.82) is 0 Å². The van der Waals surface area contributed by atoms with E-state index in [0.29, 0.717) is 12.0 Å². The number of sulfonamides is 1. The Bertz CT molecular complexity index is 995. The van der Waals surface area contributed by atoms with Crippen LogP contribution in [-0.2, 0) is 26.0 Å². The third-order valence-corrected chi connectivity index (χ3v) is 6.39. The molecule has 2 aromatic rings. The minimum atomic E-state index is -4.17. The van der Waals surface area contributed by atoms with Gasteiger partial charge in [-0.25, -0.2) is 13.2 Å². The molecule has 10 heteroatoms. The lowest BCUT2D eigenvalue weighted by Gasteiger charge is -2.22. The summed E-state index contributed by atoms with van der Waals surface area (Å²) in [5.41, 5.74) is 0.704. The Kier molecular flexibility index (Phi) is 9.31. The van der Waals surface area contributed by atoms with Gasteiger partial charge in [0.05, 0.1) is 4.90 Å². The number of unbranched alkanes of at least 4 members (excludes halogenated alkanes) is 1. The summed E-state index contributed by atoms with van der Waals surface area (Å²) in [7, 11) is -4.17. The second-order valence-electron chi connectivity index (χ2n) is 7.01. The second kappa shape index (κ2) is 11.5. The zero-order valence-electron chi connectivity index (χ0n) is 16.8. The van der Waals surface area contributed by atoms with Crippen LogP contribution in [-0.4, -0.2) is 37.5 Å². The Morgan fingerprint density at radius 2 is 1.65 bits per heavy atom. The number of benzene rings is 2. The molecular formula is C21H24Cl2N2O5S. The molecule has 2 aromatic carbocycles. The average molecular weight is 487 g/mol. The molecule has 0 spiro atoms. The zero-order valence-corrected chi connectivity index (χ0v) is 19.2. The number of carbonyl (C=O) groups is 2. The largest absolute Gasteiger partial charge is 0.480 e. The summed E-state index contributed by atoms with van der Waals surface area (Å²) in [6.07, 6.45) is 1.63. The maximum Gasteiger partial charge on any atom is 0.326 e. The fraction of sp³-hybridized carbons (Fsp3) is 0.333. The third-order valence-electron chi connectivity index (χ3n) is 4.50. The first kappa shape index (κ1) is 25.1. The fourth-order valence-corrected chi connectivity index (χ4v) is 4.84. The van der Waals surface area contributed by atoms with E-state index >= 15 is 0 Å². The number of halogens is 2. The van der Waals surface area contributed by atoms with Gasteiger partial charge in [-0.1, -0.05) is 73.3 Å². The Balaban J connectivity index is 2.31. The SMILES string of the molecule is CCCCC(NC(=O)C(Cc1ccccc1)NS(=O)(=O)c1cc(Cl)cc(Cl)c1)C(=O)O. The topological polar surface area (TPSA) is 113 Å². The van der Waals surface area contributed by atoms with Gasteiger partial charge in [0.1, 0.15) is 12.1 Å². The standard InChI is InChI=1S/C21H24Cl2N2O5S/c1-2-3-9-18(21(27)28)24-20(26)19(10-14-7-5-4-6-8-14)25-31(29,30)17-12-15(22)11-16(23)13-17/h4-8,11-13,18-19,25H,2-3,9-10H2,1H3,(H,24,26)(H,27,28). The zero-order chi connectivity index (χ0) is 23.0. The van der Waals surface area contributed by atoms with E-state index in [9.17, 15) is 23.1 Å². The van der Waals surface area contributed by atoms with E-state index in [4.69, 9.17) is 23.2 Å². The van der Waals surface area contributed by atoms with Crippen molar-refractivity contribution >= 4 is 45.1 Å². The van der Waals surface area contributed by atoms with Gasteiger partial charge in [0.15, 0.2) is 0 Å². The van der Waals surface area contributed by atoms with E-state index in [1.165, 1.54) is 18.2 Å². The molecule has 1 amide bonds. The summed E-state index contributed by atoms with van der Waals surface area (Å²) in [6, 6.07) is 10.3. The van der Waals surface area contributed by atoms with Gasteiger partial charge < -0.3 is 10.4 Å². The summed E-state index contributed by atoms with van der Waals surface area (Å²) in [6.45, 7) is 1.91. The number of rotatable bonds is 11. The Labute approximate surface area is 191 Å². The van der Waals surface area contributed by atoms with Crippen molar-refractivity contribution in [3.63, 3.8) is 0 Å². The van der Waals surface area contributed by atoms with Crippen LogP contribution in [0.25, 0.3) is 0 Å². The van der Waals surface area contributed by atoms with Crippen LogP contribution in [0.4, 0.5) is 0 Å². The minimum absolute atomic E-state index is 0.0281. The molecule has 7 nitrogen and oxygen atoms in total. The molecule has 0 aliphatic heterocycles.